The summed E-state index contributed by atoms with van der Waals surface area (Å²) in [6.07, 6.45) is 3.25. The molecular weight excluding hydrogens is 328 g/mol. The maximum Gasteiger partial charge on any atom is 0.230 e. The van der Waals surface area contributed by atoms with Crippen LogP contribution in [0.2, 0.25) is 0 Å². The fourth-order valence-corrected chi connectivity index (χ4v) is 4.10. The lowest BCUT2D eigenvalue weighted by atomic mass is 9.88. The number of amides is 1. The molecule has 4 heteroatoms. The van der Waals surface area contributed by atoms with Crippen LogP contribution in [0.5, 0.6) is 0 Å². The van der Waals surface area contributed by atoms with Crippen LogP contribution in [-0.2, 0) is 11.2 Å². The Labute approximate surface area is 151 Å². The lowest BCUT2D eigenvalue weighted by molar-refractivity contribution is -0.119. The molecule has 0 radical (unpaired) electrons. The third-order valence-corrected chi connectivity index (χ3v) is 5.56. The molecule has 1 heterocycles. The van der Waals surface area contributed by atoms with Gasteiger partial charge in [-0.25, -0.2) is 4.98 Å². The summed E-state index contributed by atoms with van der Waals surface area (Å²) in [5.74, 6) is 0.464. The number of aromatic nitrogens is 1. The van der Waals surface area contributed by atoms with E-state index in [0.717, 1.165) is 35.2 Å². The van der Waals surface area contributed by atoms with Crippen LogP contribution in [0.4, 0.5) is 0 Å². The molecule has 0 spiro atoms. The van der Waals surface area contributed by atoms with E-state index in [9.17, 15) is 4.79 Å². The highest BCUT2D eigenvalue weighted by molar-refractivity contribution is 7.99. The van der Waals surface area contributed by atoms with E-state index in [1.807, 2.05) is 30.3 Å². The van der Waals surface area contributed by atoms with Gasteiger partial charge in [0, 0.05) is 5.39 Å². The molecule has 3 aromatic rings. The van der Waals surface area contributed by atoms with Gasteiger partial charge < -0.3 is 5.32 Å². The van der Waals surface area contributed by atoms with E-state index in [0.29, 0.717) is 5.75 Å². The summed E-state index contributed by atoms with van der Waals surface area (Å²) in [6.45, 7) is 0. The first-order chi connectivity index (χ1) is 12.3. The number of para-hydroxylation sites is 1. The summed E-state index contributed by atoms with van der Waals surface area (Å²) < 4.78 is 0. The van der Waals surface area contributed by atoms with Gasteiger partial charge >= 0.3 is 0 Å². The molecule has 1 atom stereocenters. The Morgan fingerprint density at radius 2 is 1.92 bits per heavy atom. The molecule has 1 aromatic heterocycles. The number of fused-ring (bicyclic) bond motifs is 2. The van der Waals surface area contributed by atoms with Crippen molar-refractivity contribution in [1.29, 1.82) is 0 Å². The first kappa shape index (κ1) is 16.2. The number of benzene rings is 2. The number of hydrogen-bond donors (Lipinski definition) is 1. The highest BCUT2D eigenvalue weighted by Gasteiger charge is 2.21. The number of carbonyl (C=O) groups excluding carboxylic acids is 1. The Bertz CT molecular complexity index is 909. The maximum absolute atomic E-state index is 12.4. The lowest BCUT2D eigenvalue weighted by Crippen LogP contribution is -2.32. The summed E-state index contributed by atoms with van der Waals surface area (Å²) in [4.78, 5) is 17.0. The molecule has 2 aromatic carbocycles. The van der Waals surface area contributed by atoms with E-state index in [-0.39, 0.29) is 11.9 Å². The monoisotopic (exact) mass is 348 g/mol. The Balaban J connectivity index is 1.39. The average molecular weight is 348 g/mol. The first-order valence-electron chi connectivity index (χ1n) is 8.65. The van der Waals surface area contributed by atoms with Gasteiger partial charge in [0.05, 0.1) is 22.3 Å². The first-order valence-corrected chi connectivity index (χ1v) is 9.64. The van der Waals surface area contributed by atoms with Gasteiger partial charge in [0.2, 0.25) is 5.91 Å². The molecule has 1 amide bonds. The normalized spacial score (nSPS) is 16.4. The second-order valence-corrected chi connectivity index (χ2v) is 7.34. The standard InChI is InChI=1S/C21H20N2OS/c24-20(22-19-11-5-8-15-6-1-3-9-17(15)19)14-25-21-13-12-16-7-2-4-10-18(16)23-21/h1-4,6-7,9-10,12-13,19H,5,8,11,14H2,(H,22,24)/t19-/m1/s1. The van der Waals surface area contributed by atoms with Crippen molar-refractivity contribution in [2.24, 2.45) is 0 Å². The summed E-state index contributed by atoms with van der Waals surface area (Å²) in [7, 11) is 0. The fraction of sp³-hybridized carbons (Fsp3) is 0.238. The quantitative estimate of drug-likeness (QED) is 0.705. The topological polar surface area (TPSA) is 42.0 Å². The molecule has 3 nitrogen and oxygen atoms in total. The van der Waals surface area contributed by atoms with Gasteiger partial charge in [-0.05, 0) is 42.5 Å². The van der Waals surface area contributed by atoms with E-state index in [1.165, 1.54) is 22.9 Å². The van der Waals surface area contributed by atoms with Gasteiger partial charge in [0.15, 0.2) is 0 Å². The van der Waals surface area contributed by atoms with Crippen molar-refractivity contribution >= 4 is 28.6 Å². The number of thioether (sulfide) groups is 1. The number of pyridine rings is 1. The minimum absolute atomic E-state index is 0.0710. The molecule has 0 unspecified atom stereocenters. The van der Waals surface area contributed by atoms with E-state index in [4.69, 9.17) is 0 Å². The van der Waals surface area contributed by atoms with Gasteiger partial charge in [-0.3, -0.25) is 4.79 Å². The van der Waals surface area contributed by atoms with Crippen molar-refractivity contribution in [2.45, 2.75) is 30.3 Å². The number of aryl methyl sites for hydroxylation is 1. The highest BCUT2D eigenvalue weighted by atomic mass is 32.2. The predicted octanol–water partition coefficient (Wildman–Crippen LogP) is 4.52. The van der Waals surface area contributed by atoms with Crippen LogP contribution in [0.25, 0.3) is 10.9 Å². The second-order valence-electron chi connectivity index (χ2n) is 6.34. The molecule has 4 rings (SSSR count). The number of rotatable bonds is 4. The highest BCUT2D eigenvalue weighted by Crippen LogP contribution is 2.29. The molecule has 126 valence electrons. The van der Waals surface area contributed by atoms with Crippen LogP contribution >= 0.6 is 11.8 Å². The molecule has 25 heavy (non-hydrogen) atoms. The number of nitrogens with zero attached hydrogens (tertiary/aromatic N) is 1. The average Bonchev–Trinajstić information content (AvgIpc) is 2.66. The minimum atomic E-state index is 0.0710. The summed E-state index contributed by atoms with van der Waals surface area (Å²) in [5, 5.41) is 5.20. The lowest BCUT2D eigenvalue weighted by Gasteiger charge is -2.26. The van der Waals surface area contributed by atoms with Crippen LogP contribution in [0.1, 0.15) is 30.0 Å². The largest absolute Gasteiger partial charge is 0.349 e. The number of nitrogens with one attached hydrogen (secondary N) is 1. The Hall–Kier alpha value is -2.33. The Morgan fingerprint density at radius 3 is 2.88 bits per heavy atom. The molecule has 1 aliphatic rings. The van der Waals surface area contributed by atoms with Gasteiger partial charge in [0.25, 0.3) is 0 Å². The predicted molar refractivity (Wildman–Crippen MR) is 103 cm³/mol. The van der Waals surface area contributed by atoms with Crippen molar-refractivity contribution in [3.63, 3.8) is 0 Å². The number of hydrogen-bond acceptors (Lipinski definition) is 3. The van der Waals surface area contributed by atoms with Gasteiger partial charge in [-0.15, -0.1) is 0 Å². The minimum Gasteiger partial charge on any atom is -0.349 e. The van der Waals surface area contributed by atoms with E-state index in [1.54, 1.807) is 0 Å². The smallest absolute Gasteiger partial charge is 0.230 e. The molecule has 0 saturated carbocycles. The van der Waals surface area contributed by atoms with E-state index >= 15 is 0 Å². The molecule has 0 saturated heterocycles. The van der Waals surface area contributed by atoms with Crippen molar-refractivity contribution in [1.82, 2.24) is 10.3 Å². The van der Waals surface area contributed by atoms with Gasteiger partial charge in [-0.2, -0.15) is 0 Å². The van der Waals surface area contributed by atoms with Crippen molar-refractivity contribution in [3.05, 3.63) is 71.8 Å². The summed E-state index contributed by atoms with van der Waals surface area (Å²) >= 11 is 1.49. The van der Waals surface area contributed by atoms with Crippen LogP contribution in [-0.4, -0.2) is 16.6 Å². The van der Waals surface area contributed by atoms with Crippen molar-refractivity contribution in [3.8, 4) is 0 Å². The molecule has 0 bridgehead atoms. The van der Waals surface area contributed by atoms with Crippen LogP contribution in [0, 0.1) is 0 Å². The third kappa shape index (κ3) is 3.69. The van der Waals surface area contributed by atoms with Gasteiger partial charge in [0.1, 0.15) is 0 Å². The van der Waals surface area contributed by atoms with Crippen LogP contribution in [0.15, 0.2) is 65.7 Å². The van der Waals surface area contributed by atoms with Crippen LogP contribution < -0.4 is 5.32 Å². The summed E-state index contributed by atoms with van der Waals surface area (Å²) in [5.41, 5.74) is 3.60. The van der Waals surface area contributed by atoms with Crippen molar-refractivity contribution in [2.75, 3.05) is 5.75 Å². The number of carbonyl (C=O) groups is 1. The maximum atomic E-state index is 12.4. The van der Waals surface area contributed by atoms with Crippen LogP contribution in [0.3, 0.4) is 0 Å². The second kappa shape index (κ2) is 7.28. The zero-order valence-electron chi connectivity index (χ0n) is 13.9. The summed E-state index contributed by atoms with van der Waals surface area (Å²) in [6, 6.07) is 20.6. The molecule has 1 aliphatic carbocycles. The zero-order chi connectivity index (χ0) is 17.1. The SMILES string of the molecule is O=C(CSc1ccc2ccccc2n1)N[C@@H]1CCCc2ccccc21. The van der Waals surface area contributed by atoms with Gasteiger partial charge in [-0.1, -0.05) is 60.3 Å². The van der Waals surface area contributed by atoms with Crippen molar-refractivity contribution < 1.29 is 4.79 Å². The van der Waals surface area contributed by atoms with E-state index < -0.39 is 0 Å². The Kier molecular flexibility index (Phi) is 4.70. The fourth-order valence-electron chi connectivity index (χ4n) is 3.41. The molecule has 1 N–H and O–H groups in total. The molecular formula is C21H20N2OS. The zero-order valence-corrected chi connectivity index (χ0v) is 14.8. The molecule has 0 fully saturated rings. The molecule has 0 aliphatic heterocycles. The Morgan fingerprint density at radius 1 is 1.08 bits per heavy atom. The third-order valence-electron chi connectivity index (χ3n) is 4.63. The van der Waals surface area contributed by atoms with E-state index in [2.05, 4.69) is 40.6 Å².